The van der Waals surface area contributed by atoms with Gasteiger partial charge in [0.05, 0.1) is 7.11 Å². The highest BCUT2D eigenvalue weighted by Crippen LogP contribution is 2.70. The van der Waals surface area contributed by atoms with E-state index in [1.807, 2.05) is 6.92 Å². The van der Waals surface area contributed by atoms with Crippen molar-refractivity contribution < 1.29 is 19.1 Å². The van der Waals surface area contributed by atoms with Gasteiger partial charge >= 0.3 is 5.97 Å². The second-order valence-electron chi connectivity index (χ2n) is 6.90. The molecule has 2 saturated carbocycles. The molecule has 4 nitrogen and oxygen atoms in total. The van der Waals surface area contributed by atoms with Gasteiger partial charge in [0.2, 0.25) is 0 Å². The van der Waals surface area contributed by atoms with E-state index in [9.17, 15) is 9.59 Å². The molecule has 0 aromatic carbocycles. The average molecular weight is 278 g/mol. The summed E-state index contributed by atoms with van der Waals surface area (Å²) in [6.07, 6.45) is 4.09. The first-order chi connectivity index (χ1) is 9.30. The topological polar surface area (TPSA) is 55.9 Å². The van der Waals surface area contributed by atoms with Crippen molar-refractivity contribution >= 4 is 11.8 Å². The van der Waals surface area contributed by atoms with E-state index in [0.717, 1.165) is 19.3 Å². The molecule has 1 spiro atoms. The second kappa shape index (κ2) is 3.94. The largest absolute Gasteiger partial charge is 0.466 e. The Hall–Kier alpha value is -1.16. The zero-order valence-electron chi connectivity index (χ0n) is 12.5. The van der Waals surface area contributed by atoms with Crippen molar-refractivity contribution in [1.82, 2.24) is 0 Å². The van der Waals surface area contributed by atoms with E-state index in [2.05, 4.69) is 13.5 Å². The smallest absolute Gasteiger partial charge is 0.333 e. The van der Waals surface area contributed by atoms with Gasteiger partial charge in [-0.2, -0.15) is 0 Å². The zero-order valence-corrected chi connectivity index (χ0v) is 12.5. The minimum atomic E-state index is -0.644. The number of carbonyl (C=O) groups is 2. The summed E-state index contributed by atoms with van der Waals surface area (Å²) in [5, 5.41) is 0. The highest BCUT2D eigenvalue weighted by atomic mass is 16.6. The zero-order chi connectivity index (χ0) is 14.8. The Morgan fingerprint density at radius 3 is 2.75 bits per heavy atom. The van der Waals surface area contributed by atoms with Crippen LogP contribution >= 0.6 is 0 Å². The predicted octanol–water partition coefficient (Wildman–Crippen LogP) is 2.41. The highest BCUT2D eigenvalue weighted by Gasteiger charge is 2.80. The number of epoxide rings is 1. The van der Waals surface area contributed by atoms with E-state index in [0.29, 0.717) is 18.4 Å². The first-order valence-electron chi connectivity index (χ1n) is 7.30. The van der Waals surface area contributed by atoms with Crippen molar-refractivity contribution in [2.24, 2.45) is 11.3 Å². The fourth-order valence-electron chi connectivity index (χ4n) is 4.48. The Kier molecular flexibility index (Phi) is 2.72. The molecule has 4 heteroatoms. The molecule has 20 heavy (non-hydrogen) atoms. The molecule has 1 saturated heterocycles. The molecule has 0 aromatic rings. The monoisotopic (exact) mass is 278 g/mol. The molecule has 2 aliphatic carbocycles. The standard InChI is InChI=1S/C16H22O4/c1-10(13(18)19-4)11-5-7-14(2)8-6-12(17)15(3)16(14,9-11)20-15/h11H,1,5-9H2,2-4H3. The van der Waals surface area contributed by atoms with E-state index < -0.39 is 11.2 Å². The summed E-state index contributed by atoms with van der Waals surface area (Å²) in [6.45, 7) is 8.02. The Balaban J connectivity index is 1.88. The molecule has 1 aliphatic heterocycles. The van der Waals surface area contributed by atoms with Crippen molar-refractivity contribution in [3.8, 4) is 0 Å². The SMILES string of the molecule is C=C(C(=O)OC)C1CCC2(C)CCC(=O)C3(C)OC23C1. The lowest BCUT2D eigenvalue weighted by molar-refractivity contribution is -0.137. The molecule has 0 amide bonds. The molecule has 4 atom stereocenters. The van der Waals surface area contributed by atoms with Crippen LogP contribution in [0.5, 0.6) is 0 Å². The number of esters is 1. The summed E-state index contributed by atoms with van der Waals surface area (Å²) < 4.78 is 10.8. The predicted molar refractivity (Wildman–Crippen MR) is 73.1 cm³/mol. The fourth-order valence-corrected chi connectivity index (χ4v) is 4.48. The van der Waals surface area contributed by atoms with Crippen molar-refractivity contribution in [1.29, 1.82) is 0 Å². The van der Waals surface area contributed by atoms with E-state index in [1.165, 1.54) is 7.11 Å². The quantitative estimate of drug-likeness (QED) is 0.442. The van der Waals surface area contributed by atoms with E-state index in [4.69, 9.17) is 9.47 Å². The minimum absolute atomic E-state index is 0.0442. The summed E-state index contributed by atoms with van der Waals surface area (Å²) in [6, 6.07) is 0. The van der Waals surface area contributed by atoms with Crippen molar-refractivity contribution in [2.75, 3.05) is 7.11 Å². The van der Waals surface area contributed by atoms with Gasteiger partial charge in [-0.3, -0.25) is 4.79 Å². The number of hydrogen-bond acceptors (Lipinski definition) is 4. The highest BCUT2D eigenvalue weighted by molar-refractivity contribution is 5.93. The van der Waals surface area contributed by atoms with E-state index in [-0.39, 0.29) is 23.1 Å². The molecule has 1 heterocycles. The second-order valence-corrected chi connectivity index (χ2v) is 6.90. The normalized spacial score (nSPS) is 46.1. The van der Waals surface area contributed by atoms with Crippen LogP contribution in [0.15, 0.2) is 12.2 Å². The van der Waals surface area contributed by atoms with Crippen molar-refractivity contribution in [3.05, 3.63) is 12.2 Å². The first kappa shape index (κ1) is 13.8. The summed E-state index contributed by atoms with van der Waals surface area (Å²) >= 11 is 0. The Morgan fingerprint density at radius 1 is 1.40 bits per heavy atom. The van der Waals surface area contributed by atoms with Crippen LogP contribution < -0.4 is 0 Å². The number of hydrogen-bond donors (Lipinski definition) is 0. The van der Waals surface area contributed by atoms with Crippen LogP contribution in [0.4, 0.5) is 0 Å². The Labute approximate surface area is 119 Å². The molecular formula is C16H22O4. The van der Waals surface area contributed by atoms with Gasteiger partial charge in [0.1, 0.15) is 5.60 Å². The molecule has 3 fully saturated rings. The molecular weight excluding hydrogens is 256 g/mol. The van der Waals surface area contributed by atoms with Crippen LogP contribution in [0.1, 0.15) is 46.0 Å². The van der Waals surface area contributed by atoms with E-state index >= 15 is 0 Å². The van der Waals surface area contributed by atoms with Crippen molar-refractivity contribution in [3.63, 3.8) is 0 Å². The molecule has 3 aliphatic rings. The first-order valence-corrected chi connectivity index (χ1v) is 7.30. The maximum absolute atomic E-state index is 12.2. The van der Waals surface area contributed by atoms with Crippen molar-refractivity contribution in [2.45, 2.75) is 57.2 Å². The number of ether oxygens (including phenoxy) is 2. The van der Waals surface area contributed by atoms with Crippen LogP contribution in [0.3, 0.4) is 0 Å². The lowest BCUT2D eigenvalue weighted by Crippen LogP contribution is -2.52. The van der Waals surface area contributed by atoms with Gasteiger partial charge < -0.3 is 9.47 Å². The molecule has 4 unspecified atom stereocenters. The fraction of sp³-hybridized carbons (Fsp3) is 0.750. The van der Waals surface area contributed by atoms with Gasteiger partial charge in [-0.05, 0) is 38.5 Å². The van der Waals surface area contributed by atoms with Crippen LogP contribution in [-0.4, -0.2) is 30.1 Å². The van der Waals surface area contributed by atoms with Gasteiger partial charge in [-0.1, -0.05) is 13.5 Å². The molecule has 0 radical (unpaired) electrons. The van der Waals surface area contributed by atoms with Gasteiger partial charge in [-0.15, -0.1) is 0 Å². The number of carbonyl (C=O) groups excluding carboxylic acids is 2. The minimum Gasteiger partial charge on any atom is -0.466 e. The molecule has 0 N–H and O–H groups in total. The number of methoxy groups -OCH3 is 1. The van der Waals surface area contributed by atoms with Crippen LogP contribution in [0.2, 0.25) is 0 Å². The lowest BCUT2D eigenvalue weighted by atomic mass is 9.54. The molecule has 3 rings (SSSR count). The Morgan fingerprint density at radius 2 is 2.10 bits per heavy atom. The summed E-state index contributed by atoms with van der Waals surface area (Å²) in [7, 11) is 1.38. The van der Waals surface area contributed by atoms with Crippen LogP contribution in [0, 0.1) is 11.3 Å². The van der Waals surface area contributed by atoms with Gasteiger partial charge in [0, 0.05) is 17.4 Å². The third-order valence-corrected chi connectivity index (χ3v) is 6.04. The summed E-state index contributed by atoms with van der Waals surface area (Å²) in [4.78, 5) is 23.9. The number of rotatable bonds is 2. The summed E-state index contributed by atoms with van der Waals surface area (Å²) in [5.41, 5.74) is -0.480. The molecule has 110 valence electrons. The Bertz CT molecular complexity index is 511. The third-order valence-electron chi connectivity index (χ3n) is 6.04. The maximum atomic E-state index is 12.2. The summed E-state index contributed by atoms with van der Waals surface area (Å²) in [5.74, 6) is -0.0814. The van der Waals surface area contributed by atoms with Crippen LogP contribution in [0.25, 0.3) is 0 Å². The molecule has 0 aromatic heterocycles. The number of ketones is 1. The van der Waals surface area contributed by atoms with Gasteiger partial charge in [-0.25, -0.2) is 4.79 Å². The number of Topliss-reactive ketones (excluding diaryl/α,β-unsaturated/α-hetero) is 1. The van der Waals surface area contributed by atoms with E-state index in [1.54, 1.807) is 0 Å². The third kappa shape index (κ3) is 1.46. The molecule has 0 bridgehead atoms. The lowest BCUT2D eigenvalue weighted by Gasteiger charge is -2.46. The maximum Gasteiger partial charge on any atom is 0.333 e. The average Bonchev–Trinajstić information content (AvgIpc) is 3.06. The van der Waals surface area contributed by atoms with Gasteiger partial charge in [0.15, 0.2) is 11.4 Å². The van der Waals surface area contributed by atoms with Gasteiger partial charge in [0.25, 0.3) is 0 Å². The van der Waals surface area contributed by atoms with Crippen LogP contribution in [-0.2, 0) is 19.1 Å².